The van der Waals surface area contributed by atoms with E-state index in [1.54, 1.807) is 0 Å². The number of rotatable bonds is 5. The molecule has 148 valence electrons. The summed E-state index contributed by atoms with van der Waals surface area (Å²) >= 11 is 4.81. The largest absolute Gasteiger partial charge is 0.0654 e. The van der Waals surface area contributed by atoms with Gasteiger partial charge < -0.3 is 0 Å². The summed E-state index contributed by atoms with van der Waals surface area (Å²) in [6.07, 6.45) is 5.04. The summed E-state index contributed by atoms with van der Waals surface area (Å²) < 4.78 is 2.50. The molecule has 0 unspecified atom stereocenters. The average molecular weight is 604 g/mol. The standard InChI is InChI=1S/C27H26I2/c1-4-5-6-7-21-10-13-23(14-11-21)25-17-16-24(27(29)20(25)3)15-12-22-9-8-19(2)26(28)18-22/h8-11,13-14,16-18H,4-7H2,1-3H3. The highest BCUT2D eigenvalue weighted by Crippen LogP contribution is 2.29. The Morgan fingerprint density at radius 2 is 1.59 bits per heavy atom. The van der Waals surface area contributed by atoms with Gasteiger partial charge in [0, 0.05) is 18.3 Å². The predicted octanol–water partition coefficient (Wildman–Crippen LogP) is 8.31. The van der Waals surface area contributed by atoms with E-state index in [-0.39, 0.29) is 0 Å². The molecule has 0 aromatic heterocycles. The minimum atomic E-state index is 1.07. The molecule has 0 radical (unpaired) electrons. The minimum absolute atomic E-state index is 1.07. The minimum Gasteiger partial charge on any atom is -0.0654 e. The van der Waals surface area contributed by atoms with Gasteiger partial charge >= 0.3 is 0 Å². The normalized spacial score (nSPS) is 10.5. The summed E-state index contributed by atoms with van der Waals surface area (Å²) in [4.78, 5) is 0. The molecule has 0 aliphatic rings. The fourth-order valence-electron chi connectivity index (χ4n) is 3.33. The number of unbranched alkanes of at least 4 members (excludes halogenated alkanes) is 2. The molecule has 0 saturated heterocycles. The highest BCUT2D eigenvalue weighted by molar-refractivity contribution is 14.1. The zero-order valence-corrected chi connectivity index (χ0v) is 21.6. The first kappa shape index (κ1) is 22.4. The topological polar surface area (TPSA) is 0 Å². The Balaban J connectivity index is 1.83. The third-order valence-corrected chi connectivity index (χ3v) is 7.79. The van der Waals surface area contributed by atoms with Crippen LogP contribution in [0.15, 0.2) is 54.6 Å². The number of halogens is 2. The van der Waals surface area contributed by atoms with Crippen LogP contribution in [0.25, 0.3) is 11.1 Å². The lowest BCUT2D eigenvalue weighted by atomic mass is 9.96. The van der Waals surface area contributed by atoms with Gasteiger partial charge in [0.25, 0.3) is 0 Å². The van der Waals surface area contributed by atoms with E-state index in [0.29, 0.717) is 0 Å². The molecular weight excluding hydrogens is 578 g/mol. The Morgan fingerprint density at radius 1 is 0.828 bits per heavy atom. The zero-order chi connectivity index (χ0) is 20.8. The maximum absolute atomic E-state index is 3.37. The highest BCUT2D eigenvalue weighted by atomic mass is 127. The van der Waals surface area contributed by atoms with Crippen molar-refractivity contribution in [3.63, 3.8) is 0 Å². The van der Waals surface area contributed by atoms with Crippen LogP contribution in [0.4, 0.5) is 0 Å². The van der Waals surface area contributed by atoms with Crippen molar-refractivity contribution >= 4 is 45.2 Å². The molecule has 0 bridgehead atoms. The van der Waals surface area contributed by atoms with E-state index in [1.807, 2.05) is 0 Å². The van der Waals surface area contributed by atoms with Gasteiger partial charge in [-0.3, -0.25) is 0 Å². The molecule has 0 N–H and O–H groups in total. The second kappa shape index (κ2) is 10.6. The van der Waals surface area contributed by atoms with Gasteiger partial charge in [0.2, 0.25) is 0 Å². The van der Waals surface area contributed by atoms with E-state index in [4.69, 9.17) is 0 Å². The van der Waals surface area contributed by atoms with Crippen LogP contribution < -0.4 is 0 Å². The van der Waals surface area contributed by atoms with Gasteiger partial charge in [-0.2, -0.15) is 0 Å². The van der Waals surface area contributed by atoms with Gasteiger partial charge in [-0.25, -0.2) is 0 Å². The zero-order valence-electron chi connectivity index (χ0n) is 17.3. The second-order valence-corrected chi connectivity index (χ2v) is 9.71. The molecule has 29 heavy (non-hydrogen) atoms. The summed E-state index contributed by atoms with van der Waals surface area (Å²) in [6, 6.07) is 19.8. The Kier molecular flexibility index (Phi) is 8.20. The van der Waals surface area contributed by atoms with Crippen LogP contribution in [0.2, 0.25) is 0 Å². The van der Waals surface area contributed by atoms with Crippen LogP contribution in [-0.4, -0.2) is 0 Å². The molecular formula is C27H26I2. The molecule has 0 nitrogen and oxygen atoms in total. The first-order valence-corrected chi connectivity index (χ1v) is 12.3. The van der Waals surface area contributed by atoms with Crippen LogP contribution in [0.1, 0.15) is 54.0 Å². The van der Waals surface area contributed by atoms with E-state index < -0.39 is 0 Å². The van der Waals surface area contributed by atoms with Crippen molar-refractivity contribution in [2.24, 2.45) is 0 Å². The first-order valence-electron chi connectivity index (χ1n) is 10.2. The van der Waals surface area contributed by atoms with Crippen LogP contribution in [0.3, 0.4) is 0 Å². The molecule has 2 heteroatoms. The molecule has 0 aliphatic heterocycles. The van der Waals surface area contributed by atoms with Crippen molar-refractivity contribution in [3.8, 4) is 23.0 Å². The maximum atomic E-state index is 3.37. The molecule has 0 spiro atoms. The lowest BCUT2D eigenvalue weighted by Crippen LogP contribution is -1.92. The molecule has 0 amide bonds. The lowest BCUT2D eigenvalue weighted by Gasteiger charge is -2.11. The molecule has 0 fully saturated rings. The molecule has 0 heterocycles. The van der Waals surface area contributed by atoms with Crippen LogP contribution in [0.5, 0.6) is 0 Å². The lowest BCUT2D eigenvalue weighted by molar-refractivity contribution is 0.717. The molecule has 3 aromatic carbocycles. The second-order valence-electron chi connectivity index (χ2n) is 7.47. The fraction of sp³-hybridized carbons (Fsp3) is 0.259. The first-order chi connectivity index (χ1) is 14.0. The van der Waals surface area contributed by atoms with Crippen LogP contribution in [-0.2, 0) is 6.42 Å². The van der Waals surface area contributed by atoms with E-state index in [0.717, 1.165) is 11.1 Å². The third kappa shape index (κ3) is 5.86. The van der Waals surface area contributed by atoms with Gasteiger partial charge in [0.05, 0.1) is 0 Å². The van der Waals surface area contributed by atoms with Crippen molar-refractivity contribution in [1.29, 1.82) is 0 Å². The SMILES string of the molecule is CCCCCc1ccc(-c2ccc(C#Cc3ccc(C)c(I)c3)c(I)c2C)cc1. The summed E-state index contributed by atoms with van der Waals surface area (Å²) in [5.41, 5.74) is 8.77. The van der Waals surface area contributed by atoms with E-state index in [9.17, 15) is 0 Å². The van der Waals surface area contributed by atoms with Gasteiger partial charge in [-0.1, -0.05) is 68.0 Å². The van der Waals surface area contributed by atoms with Crippen molar-refractivity contribution in [2.45, 2.75) is 46.5 Å². The quantitative estimate of drug-likeness (QED) is 0.156. The number of hydrogen-bond acceptors (Lipinski definition) is 0. The highest BCUT2D eigenvalue weighted by Gasteiger charge is 2.08. The van der Waals surface area contributed by atoms with Crippen molar-refractivity contribution in [3.05, 3.63) is 89.6 Å². The monoisotopic (exact) mass is 604 g/mol. The van der Waals surface area contributed by atoms with E-state index in [1.165, 1.54) is 60.6 Å². The molecule has 3 aromatic rings. The maximum Gasteiger partial charge on any atom is 0.0385 e. The molecule has 0 saturated carbocycles. The van der Waals surface area contributed by atoms with Gasteiger partial charge in [0.1, 0.15) is 0 Å². The van der Waals surface area contributed by atoms with E-state index >= 15 is 0 Å². The Bertz CT molecular complexity index is 1050. The van der Waals surface area contributed by atoms with Crippen LogP contribution in [0, 0.1) is 32.8 Å². The van der Waals surface area contributed by atoms with Crippen molar-refractivity contribution < 1.29 is 0 Å². The summed E-state index contributed by atoms with van der Waals surface area (Å²) in [5, 5.41) is 0. The number of benzene rings is 3. The molecule has 0 atom stereocenters. The van der Waals surface area contributed by atoms with Crippen LogP contribution >= 0.6 is 45.2 Å². The summed E-state index contributed by atoms with van der Waals surface area (Å²) in [5.74, 6) is 6.70. The van der Waals surface area contributed by atoms with Gasteiger partial charge in [-0.15, -0.1) is 0 Å². The Hall–Kier alpha value is -1.32. The smallest absolute Gasteiger partial charge is 0.0385 e. The molecule has 3 rings (SSSR count). The summed E-state index contributed by atoms with van der Waals surface area (Å²) in [7, 11) is 0. The Labute approximate surface area is 202 Å². The third-order valence-electron chi connectivity index (χ3n) is 5.23. The fourth-order valence-corrected chi connectivity index (χ4v) is 4.46. The average Bonchev–Trinajstić information content (AvgIpc) is 2.72. The Morgan fingerprint density at radius 3 is 2.28 bits per heavy atom. The molecule has 0 aliphatic carbocycles. The van der Waals surface area contributed by atoms with E-state index in [2.05, 4.69) is 132 Å². The van der Waals surface area contributed by atoms with Gasteiger partial charge in [0.15, 0.2) is 0 Å². The van der Waals surface area contributed by atoms with Crippen molar-refractivity contribution in [2.75, 3.05) is 0 Å². The summed E-state index contributed by atoms with van der Waals surface area (Å²) in [6.45, 7) is 6.58. The van der Waals surface area contributed by atoms with Gasteiger partial charge in [-0.05, 0) is 118 Å². The predicted molar refractivity (Wildman–Crippen MR) is 142 cm³/mol. The number of hydrogen-bond donors (Lipinski definition) is 0. The van der Waals surface area contributed by atoms with Crippen molar-refractivity contribution in [1.82, 2.24) is 0 Å². The number of aryl methyl sites for hydroxylation is 2.